The third-order valence-electron chi connectivity index (χ3n) is 7.87. The summed E-state index contributed by atoms with van der Waals surface area (Å²) < 4.78 is 67.2. The Morgan fingerprint density at radius 3 is 2.28 bits per heavy atom. The molecule has 43 heavy (non-hydrogen) atoms. The number of aromatic amines is 1. The van der Waals surface area contributed by atoms with E-state index in [-0.39, 0.29) is 28.1 Å². The molecule has 0 unspecified atom stereocenters. The number of halogens is 5. The maximum Gasteiger partial charge on any atom is 0.410 e. The van der Waals surface area contributed by atoms with E-state index in [1.165, 1.54) is 18.2 Å². The van der Waals surface area contributed by atoms with Crippen LogP contribution in [0.3, 0.4) is 0 Å². The molecule has 2 heterocycles. The molecule has 1 aliphatic heterocycles. The molecule has 1 saturated heterocycles. The van der Waals surface area contributed by atoms with Crippen LogP contribution in [-0.2, 0) is 16.6 Å². The summed E-state index contributed by atoms with van der Waals surface area (Å²) in [5.74, 6) is -8.94. The van der Waals surface area contributed by atoms with Crippen molar-refractivity contribution in [1.29, 1.82) is 0 Å². The van der Waals surface area contributed by atoms with Crippen LogP contribution >= 0.6 is 15.9 Å². The molecule has 1 aromatic heterocycles. The Morgan fingerprint density at radius 1 is 0.977 bits per heavy atom. The average Bonchev–Trinajstić information content (AvgIpc) is 3.61. The van der Waals surface area contributed by atoms with Crippen LogP contribution in [0.4, 0.5) is 22.4 Å². The van der Waals surface area contributed by atoms with Crippen LogP contribution in [0.15, 0.2) is 54.6 Å². The molecule has 1 aliphatic carbocycles. The largest absolute Gasteiger partial charge is 0.444 e. The van der Waals surface area contributed by atoms with Crippen LogP contribution in [0, 0.1) is 0 Å². The molecule has 6 nitrogen and oxygen atoms in total. The van der Waals surface area contributed by atoms with Gasteiger partial charge in [-0.1, -0.05) is 46.3 Å². The lowest BCUT2D eigenvalue weighted by Crippen LogP contribution is -2.39. The van der Waals surface area contributed by atoms with Gasteiger partial charge in [-0.25, -0.2) is 9.78 Å². The highest BCUT2D eigenvalue weighted by atomic mass is 79.9. The van der Waals surface area contributed by atoms with E-state index in [4.69, 9.17) is 4.74 Å². The first-order valence-electron chi connectivity index (χ1n) is 13.8. The number of Topliss-reactive ketones (excluding diaryl/α,β-unsaturated/α-hetero) is 1. The number of fused-ring (bicyclic) bond motifs is 4. The molecule has 4 aromatic rings. The highest BCUT2D eigenvalue weighted by Gasteiger charge is 2.62. The van der Waals surface area contributed by atoms with Crippen LogP contribution < -0.4 is 0 Å². The van der Waals surface area contributed by atoms with Crippen LogP contribution in [0.5, 0.6) is 0 Å². The molecule has 3 aromatic carbocycles. The van der Waals surface area contributed by atoms with Gasteiger partial charge < -0.3 is 9.72 Å². The quantitative estimate of drug-likeness (QED) is 0.135. The predicted octanol–water partition coefficient (Wildman–Crippen LogP) is 8.74. The maximum absolute atomic E-state index is 15.5. The number of ketones is 1. The van der Waals surface area contributed by atoms with Gasteiger partial charge in [0.1, 0.15) is 11.4 Å². The first-order chi connectivity index (χ1) is 20.2. The SMILES string of the molecule is CC(C)(C)OC(=O)N1CCC[C@H]1c1nc2ccc(-c3ccc4c(c3)C(F)(F)C(F)(F)c3cc(C(=O)CBr)ccc3-4)cc2[nH]1. The van der Waals surface area contributed by atoms with Gasteiger partial charge in [-0.3, -0.25) is 9.69 Å². The van der Waals surface area contributed by atoms with Crippen LogP contribution in [0.25, 0.3) is 33.3 Å². The van der Waals surface area contributed by atoms with Gasteiger partial charge in [0, 0.05) is 23.2 Å². The molecule has 1 atom stereocenters. The summed E-state index contributed by atoms with van der Waals surface area (Å²) >= 11 is 2.99. The van der Waals surface area contributed by atoms with Crippen molar-refractivity contribution in [3.63, 3.8) is 0 Å². The number of carbonyl (C=O) groups excluding carboxylic acids is 2. The van der Waals surface area contributed by atoms with E-state index in [0.29, 0.717) is 41.0 Å². The molecule has 1 fully saturated rings. The molecule has 1 amide bonds. The number of aromatic nitrogens is 2. The summed E-state index contributed by atoms with van der Waals surface area (Å²) in [5.41, 5.74) is -0.313. The fourth-order valence-corrected chi connectivity index (χ4v) is 6.13. The van der Waals surface area contributed by atoms with Gasteiger partial charge in [-0.2, -0.15) is 17.6 Å². The van der Waals surface area contributed by atoms with Gasteiger partial charge in [-0.15, -0.1) is 0 Å². The summed E-state index contributed by atoms with van der Waals surface area (Å²) in [5, 5.41) is -0.113. The number of nitrogens with one attached hydrogen (secondary N) is 1. The van der Waals surface area contributed by atoms with E-state index in [9.17, 15) is 9.59 Å². The van der Waals surface area contributed by atoms with Crippen molar-refractivity contribution in [1.82, 2.24) is 14.9 Å². The summed E-state index contributed by atoms with van der Waals surface area (Å²) in [7, 11) is 0. The fraction of sp³-hybridized carbons (Fsp3) is 0.344. The molecule has 2 aliphatic rings. The van der Waals surface area contributed by atoms with Crippen molar-refractivity contribution in [2.75, 3.05) is 11.9 Å². The van der Waals surface area contributed by atoms with E-state index < -0.39 is 40.4 Å². The van der Waals surface area contributed by atoms with Crippen LogP contribution in [0.1, 0.15) is 67.0 Å². The van der Waals surface area contributed by atoms with Crippen molar-refractivity contribution < 1.29 is 31.9 Å². The topological polar surface area (TPSA) is 75.3 Å². The van der Waals surface area contributed by atoms with Crippen molar-refractivity contribution >= 4 is 38.8 Å². The average molecular weight is 658 g/mol. The molecule has 0 radical (unpaired) electrons. The highest BCUT2D eigenvalue weighted by molar-refractivity contribution is 9.09. The lowest BCUT2D eigenvalue weighted by Gasteiger charge is -2.35. The fourth-order valence-electron chi connectivity index (χ4n) is 5.80. The standard InChI is InChI=1S/C32H28BrF4N3O3/c1-30(2,3)43-29(42)40-12-4-5-26(40)28-38-24-11-8-18(15-25(24)39-28)17-6-9-20-21-10-7-19(27(41)16-33)14-23(21)32(36,37)31(34,35)22(20)13-17/h6-11,13-15,26H,4-5,12,16H2,1-3H3,(H,38,39)/t26-/m0/s1. The molecular weight excluding hydrogens is 630 g/mol. The number of benzene rings is 3. The number of hydrogen-bond donors (Lipinski definition) is 1. The van der Waals surface area contributed by atoms with Gasteiger partial charge in [0.15, 0.2) is 5.78 Å². The van der Waals surface area contributed by atoms with Gasteiger partial charge >= 0.3 is 17.9 Å². The molecule has 11 heteroatoms. The second-order valence-corrected chi connectivity index (χ2v) is 12.5. The number of imidazole rings is 1. The van der Waals surface area contributed by atoms with Gasteiger partial charge in [0.05, 0.1) is 22.4 Å². The van der Waals surface area contributed by atoms with Crippen molar-refractivity contribution in [2.45, 2.75) is 57.1 Å². The molecular formula is C32H28BrF4N3O3. The molecule has 224 valence electrons. The van der Waals surface area contributed by atoms with Crippen molar-refractivity contribution in [2.24, 2.45) is 0 Å². The minimum Gasteiger partial charge on any atom is -0.444 e. The second-order valence-electron chi connectivity index (χ2n) is 11.9. The monoisotopic (exact) mass is 657 g/mol. The molecule has 6 rings (SSSR count). The minimum absolute atomic E-state index is 0.0131. The summed E-state index contributed by atoms with van der Waals surface area (Å²) in [6.45, 7) is 5.95. The number of nitrogens with zero attached hydrogens (tertiary/aromatic N) is 2. The zero-order chi connectivity index (χ0) is 30.9. The zero-order valence-electron chi connectivity index (χ0n) is 23.6. The molecule has 1 N–H and O–H groups in total. The third-order valence-corrected chi connectivity index (χ3v) is 8.38. The van der Waals surface area contributed by atoms with E-state index >= 15 is 17.6 Å². The summed E-state index contributed by atoms with van der Waals surface area (Å²) in [6.07, 6.45) is 1.07. The zero-order valence-corrected chi connectivity index (χ0v) is 25.2. The molecule has 0 bridgehead atoms. The Balaban J connectivity index is 1.36. The normalized spacial score (nSPS) is 18.8. The Kier molecular flexibility index (Phi) is 6.95. The third kappa shape index (κ3) is 4.91. The van der Waals surface area contributed by atoms with Crippen molar-refractivity contribution in [3.8, 4) is 22.3 Å². The Morgan fingerprint density at radius 2 is 1.60 bits per heavy atom. The Bertz CT molecular complexity index is 1780. The lowest BCUT2D eigenvalue weighted by molar-refractivity contribution is -0.225. The van der Waals surface area contributed by atoms with Crippen molar-refractivity contribution in [3.05, 3.63) is 77.1 Å². The number of carbonyl (C=O) groups is 2. The molecule has 0 spiro atoms. The lowest BCUT2D eigenvalue weighted by atomic mass is 9.78. The number of amides is 1. The van der Waals surface area contributed by atoms with E-state index in [0.717, 1.165) is 18.6 Å². The number of ether oxygens (including phenoxy) is 1. The van der Waals surface area contributed by atoms with Gasteiger partial charge in [0.2, 0.25) is 0 Å². The van der Waals surface area contributed by atoms with Crippen LogP contribution in [-0.4, -0.2) is 44.2 Å². The molecule has 0 saturated carbocycles. The Hall–Kier alpha value is -3.73. The summed E-state index contributed by atoms with van der Waals surface area (Å²) in [4.78, 5) is 34.4. The van der Waals surface area contributed by atoms with E-state index in [1.54, 1.807) is 49.9 Å². The van der Waals surface area contributed by atoms with Gasteiger partial charge in [-0.05, 0) is 80.1 Å². The van der Waals surface area contributed by atoms with Gasteiger partial charge in [0.25, 0.3) is 0 Å². The van der Waals surface area contributed by atoms with Crippen LogP contribution in [0.2, 0.25) is 0 Å². The predicted molar refractivity (Wildman–Crippen MR) is 158 cm³/mol. The van der Waals surface area contributed by atoms with E-state index in [1.807, 2.05) is 0 Å². The first-order valence-corrected chi connectivity index (χ1v) is 15.0. The van der Waals surface area contributed by atoms with E-state index in [2.05, 4.69) is 25.9 Å². The second kappa shape index (κ2) is 10.2. The first kappa shape index (κ1) is 29.3. The number of H-pyrrole nitrogens is 1. The number of alkyl halides is 5. The maximum atomic E-state index is 15.5. The number of likely N-dealkylation sites (tertiary alicyclic amines) is 1. The minimum atomic E-state index is -4.53. The summed E-state index contributed by atoms with van der Waals surface area (Å²) in [6, 6.07) is 12.5. The number of hydrogen-bond acceptors (Lipinski definition) is 4. The smallest absolute Gasteiger partial charge is 0.410 e. The highest BCUT2D eigenvalue weighted by Crippen LogP contribution is 2.58. The Labute approximate surface area is 253 Å². The number of rotatable bonds is 4.